The molecule has 4 heterocycles. The van der Waals surface area contributed by atoms with E-state index in [9.17, 15) is 14.4 Å². The molecule has 2 aliphatic heterocycles. The summed E-state index contributed by atoms with van der Waals surface area (Å²) in [6.07, 6.45) is 6.27. The number of likely N-dealkylation sites (tertiary alicyclic amines) is 2. The van der Waals surface area contributed by atoms with Gasteiger partial charge < -0.3 is 29.7 Å². The molecule has 3 amide bonds. The number of amides is 3. The Kier molecular flexibility index (Phi) is 9.84. The molecular formula is C44H51N7O5. The second-order valence-corrected chi connectivity index (χ2v) is 16.7. The normalized spacial score (nSPS) is 18.6. The summed E-state index contributed by atoms with van der Waals surface area (Å²) in [7, 11) is 1.30. The number of imidazole rings is 2. The van der Waals surface area contributed by atoms with Crippen LogP contribution in [0.25, 0.3) is 44.5 Å². The van der Waals surface area contributed by atoms with E-state index in [1.54, 1.807) is 4.90 Å². The minimum absolute atomic E-state index is 0.0953. The summed E-state index contributed by atoms with van der Waals surface area (Å²) in [5.41, 5.74) is 10.6. The molecule has 3 atom stereocenters. The molecule has 2 fully saturated rings. The van der Waals surface area contributed by atoms with Gasteiger partial charge in [0, 0.05) is 13.1 Å². The van der Waals surface area contributed by atoms with E-state index in [-0.39, 0.29) is 30.0 Å². The lowest BCUT2D eigenvalue weighted by molar-refractivity contribution is -0.135. The minimum Gasteiger partial charge on any atom is -0.453 e. The van der Waals surface area contributed by atoms with Crippen LogP contribution in [0.3, 0.4) is 0 Å². The lowest BCUT2D eigenvalue weighted by Gasteiger charge is -2.29. The van der Waals surface area contributed by atoms with Crippen molar-refractivity contribution in [2.75, 3.05) is 20.2 Å². The zero-order valence-electron chi connectivity index (χ0n) is 33.1. The van der Waals surface area contributed by atoms with Crippen molar-refractivity contribution in [1.82, 2.24) is 35.1 Å². The van der Waals surface area contributed by atoms with E-state index in [0.29, 0.717) is 13.1 Å². The first-order valence-corrected chi connectivity index (χ1v) is 19.8. The number of carbonyl (C=O) groups is 3. The van der Waals surface area contributed by atoms with Crippen LogP contribution in [-0.4, -0.2) is 79.7 Å². The van der Waals surface area contributed by atoms with E-state index >= 15 is 0 Å². The average Bonchev–Trinajstić information content (AvgIpc) is 4.01. The summed E-state index contributed by atoms with van der Waals surface area (Å²) in [6, 6.07) is 18.7. The fraction of sp³-hybridized carbons (Fsp3) is 0.432. The monoisotopic (exact) mass is 757 g/mol. The Hall–Kier alpha value is -5.65. The van der Waals surface area contributed by atoms with Crippen molar-refractivity contribution < 1.29 is 23.9 Å². The lowest BCUT2D eigenvalue weighted by atomic mass is 9.83. The minimum atomic E-state index is -0.678. The maximum Gasteiger partial charge on any atom is 0.410 e. The van der Waals surface area contributed by atoms with Crippen LogP contribution < -0.4 is 5.32 Å². The van der Waals surface area contributed by atoms with Crippen LogP contribution in [0.2, 0.25) is 0 Å². The number of aromatic amines is 2. The zero-order valence-corrected chi connectivity index (χ0v) is 33.1. The number of methoxy groups -OCH3 is 1. The smallest absolute Gasteiger partial charge is 0.410 e. The third kappa shape index (κ3) is 7.24. The van der Waals surface area contributed by atoms with Crippen molar-refractivity contribution in [2.45, 2.75) is 96.9 Å². The number of carbonyl (C=O) groups excluding carboxylic acids is 3. The van der Waals surface area contributed by atoms with Gasteiger partial charge in [0.1, 0.15) is 23.3 Å². The van der Waals surface area contributed by atoms with Crippen LogP contribution in [0.15, 0.2) is 60.8 Å². The van der Waals surface area contributed by atoms with Crippen molar-refractivity contribution in [3.63, 3.8) is 0 Å². The van der Waals surface area contributed by atoms with Crippen LogP contribution >= 0.6 is 0 Å². The molecule has 5 aromatic rings. The van der Waals surface area contributed by atoms with Crippen LogP contribution in [0.1, 0.15) is 95.2 Å². The molecule has 3 aliphatic rings. The van der Waals surface area contributed by atoms with Crippen molar-refractivity contribution in [2.24, 2.45) is 5.92 Å². The number of aryl methyl sites for hydroxylation is 2. The highest BCUT2D eigenvalue weighted by Crippen LogP contribution is 2.40. The molecular weight excluding hydrogens is 707 g/mol. The third-order valence-corrected chi connectivity index (χ3v) is 11.3. The number of rotatable bonds is 7. The van der Waals surface area contributed by atoms with Gasteiger partial charge in [0.25, 0.3) is 0 Å². The van der Waals surface area contributed by atoms with Gasteiger partial charge in [-0.2, -0.15) is 0 Å². The lowest BCUT2D eigenvalue weighted by Crippen LogP contribution is -2.51. The van der Waals surface area contributed by atoms with Gasteiger partial charge >= 0.3 is 12.2 Å². The van der Waals surface area contributed by atoms with Crippen LogP contribution in [0.4, 0.5) is 9.59 Å². The average molecular weight is 758 g/mol. The molecule has 2 saturated heterocycles. The number of ether oxygens (including phenoxy) is 2. The number of hydrogen-bond acceptors (Lipinski definition) is 7. The van der Waals surface area contributed by atoms with Gasteiger partial charge in [-0.1, -0.05) is 50.2 Å². The van der Waals surface area contributed by atoms with Gasteiger partial charge in [0.15, 0.2) is 0 Å². The summed E-state index contributed by atoms with van der Waals surface area (Å²) in [5, 5.41) is 2.72. The summed E-state index contributed by atoms with van der Waals surface area (Å²) < 4.78 is 10.5. The number of hydrogen-bond donors (Lipinski definition) is 3. The summed E-state index contributed by atoms with van der Waals surface area (Å²) in [5.74, 6) is 1.34. The van der Waals surface area contributed by atoms with Gasteiger partial charge in [-0.05, 0) is 122 Å². The van der Waals surface area contributed by atoms with Crippen LogP contribution in [0.5, 0.6) is 0 Å². The highest BCUT2D eigenvalue weighted by atomic mass is 16.6. The molecule has 56 heavy (non-hydrogen) atoms. The molecule has 12 nitrogen and oxygen atoms in total. The number of alkyl carbamates (subject to hydrolysis) is 1. The molecule has 1 aliphatic carbocycles. The predicted molar refractivity (Wildman–Crippen MR) is 215 cm³/mol. The Morgan fingerprint density at radius 2 is 1.45 bits per heavy atom. The first kappa shape index (κ1) is 37.3. The molecule has 292 valence electrons. The molecule has 8 rings (SSSR count). The topological polar surface area (TPSA) is 146 Å². The van der Waals surface area contributed by atoms with Crippen molar-refractivity contribution in [3.8, 4) is 33.5 Å². The summed E-state index contributed by atoms with van der Waals surface area (Å²) in [4.78, 5) is 58.9. The largest absolute Gasteiger partial charge is 0.453 e. The Morgan fingerprint density at radius 3 is 2.12 bits per heavy atom. The SMILES string of the molecule is COC(=O)N[C@H](C(=O)N1CCC[C@H]1c1nc2ccc(-c3ccc4c(c3)CCc3cc(-c5cnc(C6CCCN6C(=O)OC(C)(C)C)[nH]5)ccc3-4)cc2[nH]1)C(C)C. The highest BCUT2D eigenvalue weighted by Gasteiger charge is 2.38. The summed E-state index contributed by atoms with van der Waals surface area (Å²) >= 11 is 0. The highest BCUT2D eigenvalue weighted by molar-refractivity contribution is 5.87. The Morgan fingerprint density at radius 1 is 0.821 bits per heavy atom. The maximum atomic E-state index is 13.7. The quantitative estimate of drug-likeness (QED) is 0.151. The molecule has 3 N–H and O–H groups in total. The Bertz CT molecular complexity index is 2300. The van der Waals surface area contributed by atoms with E-state index in [4.69, 9.17) is 19.4 Å². The van der Waals surface area contributed by atoms with E-state index in [0.717, 1.165) is 83.6 Å². The van der Waals surface area contributed by atoms with Gasteiger partial charge in [-0.25, -0.2) is 19.6 Å². The predicted octanol–water partition coefficient (Wildman–Crippen LogP) is 8.50. The molecule has 1 unspecified atom stereocenters. The number of H-pyrrole nitrogens is 2. The standard InChI is InChI=1S/C44H51N7O5/c1-25(2)38(49-42(53)55-6)41(52)50-19-7-10-37(50)40-46-33-18-15-27(23-34(33)47-40)26-13-16-31-28(21-26)11-12-29-22-30(14-17-32(29)31)35-24-45-39(48-35)36-9-8-20-51(36)43(54)56-44(3,4)5/h13-18,21-25,36-38H,7-12,19-20H2,1-6H3,(H,45,48)(H,46,47)(H,49,53)/t36?,37-,38-/m0/s1. The first-order valence-electron chi connectivity index (χ1n) is 19.8. The van der Waals surface area contributed by atoms with Gasteiger partial charge in [-0.3, -0.25) is 9.69 Å². The van der Waals surface area contributed by atoms with Crippen molar-refractivity contribution in [1.29, 1.82) is 0 Å². The molecule has 2 aromatic heterocycles. The number of fused-ring (bicyclic) bond motifs is 4. The fourth-order valence-corrected chi connectivity index (χ4v) is 8.55. The number of aromatic nitrogens is 4. The molecule has 0 saturated carbocycles. The second kappa shape index (κ2) is 14.8. The molecule has 0 spiro atoms. The van der Waals surface area contributed by atoms with E-state index in [1.807, 2.05) is 51.8 Å². The van der Waals surface area contributed by atoms with E-state index in [1.165, 1.54) is 29.4 Å². The molecule has 12 heteroatoms. The molecule has 3 aromatic carbocycles. The summed E-state index contributed by atoms with van der Waals surface area (Å²) in [6.45, 7) is 10.8. The number of nitrogens with one attached hydrogen (secondary N) is 3. The fourth-order valence-electron chi connectivity index (χ4n) is 8.55. The third-order valence-electron chi connectivity index (χ3n) is 11.3. The van der Waals surface area contributed by atoms with Gasteiger partial charge in [0.2, 0.25) is 5.91 Å². The van der Waals surface area contributed by atoms with E-state index < -0.39 is 17.7 Å². The van der Waals surface area contributed by atoms with Crippen molar-refractivity contribution >= 4 is 29.1 Å². The van der Waals surface area contributed by atoms with Gasteiger partial charge in [-0.15, -0.1) is 0 Å². The van der Waals surface area contributed by atoms with E-state index in [2.05, 4.69) is 63.8 Å². The van der Waals surface area contributed by atoms with Gasteiger partial charge in [0.05, 0.1) is 42.1 Å². The number of benzene rings is 3. The van der Waals surface area contributed by atoms with Crippen molar-refractivity contribution in [3.05, 3.63) is 83.6 Å². The first-order chi connectivity index (χ1) is 26.9. The van der Waals surface area contributed by atoms with Crippen LogP contribution in [0, 0.1) is 5.92 Å². The Labute approximate surface area is 327 Å². The molecule has 0 bridgehead atoms. The maximum absolute atomic E-state index is 13.7. The second-order valence-electron chi connectivity index (χ2n) is 16.7. The zero-order chi connectivity index (χ0) is 39.3. The van der Waals surface area contributed by atoms with Crippen LogP contribution in [-0.2, 0) is 27.1 Å². The molecule has 0 radical (unpaired) electrons. The number of nitrogens with zero attached hydrogens (tertiary/aromatic N) is 4. The Balaban J connectivity index is 0.987.